The van der Waals surface area contributed by atoms with Gasteiger partial charge in [0, 0.05) is 18.8 Å². The summed E-state index contributed by atoms with van der Waals surface area (Å²) in [5.41, 5.74) is 1.90. The summed E-state index contributed by atoms with van der Waals surface area (Å²) in [5.74, 6) is 0. The van der Waals surface area contributed by atoms with E-state index in [-0.39, 0.29) is 12.1 Å². The summed E-state index contributed by atoms with van der Waals surface area (Å²) in [4.78, 5) is 11.6. The molecular formula is C13H18N2O2. The molecule has 0 radical (unpaired) electrons. The van der Waals surface area contributed by atoms with E-state index in [1.54, 1.807) is 0 Å². The van der Waals surface area contributed by atoms with Gasteiger partial charge in [0.05, 0.1) is 6.10 Å². The van der Waals surface area contributed by atoms with Gasteiger partial charge in [0.1, 0.15) is 0 Å². The zero-order valence-corrected chi connectivity index (χ0v) is 10.0. The van der Waals surface area contributed by atoms with Crippen LogP contribution in [0.3, 0.4) is 0 Å². The molecule has 4 heteroatoms. The second-order valence-electron chi connectivity index (χ2n) is 4.28. The largest absolute Gasteiger partial charge is 0.376 e. The average Bonchev–Trinajstić information content (AvgIpc) is 2.82. The summed E-state index contributed by atoms with van der Waals surface area (Å²) in [6.07, 6.45) is 2.30. The number of carbonyl (C=O) groups excluding carboxylic acids is 1. The number of rotatable bonds is 3. The molecule has 1 atom stereocenters. The first kappa shape index (κ1) is 11.9. The zero-order valence-electron chi connectivity index (χ0n) is 10.0. The Labute approximate surface area is 101 Å². The molecule has 0 aromatic heterocycles. The van der Waals surface area contributed by atoms with Crippen LogP contribution in [0.1, 0.15) is 18.4 Å². The number of benzene rings is 1. The summed E-state index contributed by atoms with van der Waals surface area (Å²) >= 11 is 0. The first-order chi connectivity index (χ1) is 8.25. The van der Waals surface area contributed by atoms with Gasteiger partial charge in [-0.2, -0.15) is 0 Å². The number of hydrogen-bond acceptors (Lipinski definition) is 2. The number of carbonyl (C=O) groups is 1. The fourth-order valence-electron chi connectivity index (χ4n) is 1.89. The number of aryl methyl sites for hydroxylation is 1. The van der Waals surface area contributed by atoms with Gasteiger partial charge in [-0.15, -0.1) is 0 Å². The highest BCUT2D eigenvalue weighted by molar-refractivity contribution is 5.89. The van der Waals surface area contributed by atoms with Crippen molar-refractivity contribution in [3.63, 3.8) is 0 Å². The maximum Gasteiger partial charge on any atom is 0.319 e. The van der Waals surface area contributed by atoms with Gasteiger partial charge < -0.3 is 15.4 Å². The molecule has 1 aromatic rings. The van der Waals surface area contributed by atoms with Crippen molar-refractivity contribution in [1.29, 1.82) is 0 Å². The van der Waals surface area contributed by atoms with Crippen LogP contribution in [0.15, 0.2) is 24.3 Å². The first-order valence-corrected chi connectivity index (χ1v) is 5.98. The molecule has 17 heavy (non-hydrogen) atoms. The van der Waals surface area contributed by atoms with Crippen LogP contribution >= 0.6 is 0 Å². The third-order valence-electron chi connectivity index (χ3n) is 2.91. The van der Waals surface area contributed by atoms with E-state index in [1.807, 2.05) is 31.2 Å². The molecule has 0 unspecified atom stereocenters. The zero-order chi connectivity index (χ0) is 12.1. The minimum absolute atomic E-state index is 0.171. The van der Waals surface area contributed by atoms with E-state index < -0.39 is 0 Å². The molecule has 92 valence electrons. The van der Waals surface area contributed by atoms with E-state index >= 15 is 0 Å². The fraction of sp³-hybridized carbons (Fsp3) is 0.462. The SMILES string of the molecule is Cc1ccccc1NC(=O)NC[C@@H]1CCCO1. The molecule has 0 saturated carbocycles. The number of urea groups is 1. The lowest BCUT2D eigenvalue weighted by molar-refractivity contribution is 0.112. The highest BCUT2D eigenvalue weighted by atomic mass is 16.5. The van der Waals surface area contributed by atoms with Crippen molar-refractivity contribution in [2.45, 2.75) is 25.9 Å². The van der Waals surface area contributed by atoms with Crippen LogP contribution in [0.2, 0.25) is 0 Å². The van der Waals surface area contributed by atoms with Crippen LogP contribution < -0.4 is 10.6 Å². The van der Waals surface area contributed by atoms with Gasteiger partial charge in [-0.3, -0.25) is 0 Å². The second-order valence-corrected chi connectivity index (χ2v) is 4.28. The van der Waals surface area contributed by atoms with Crippen molar-refractivity contribution >= 4 is 11.7 Å². The quantitative estimate of drug-likeness (QED) is 0.843. The molecule has 1 heterocycles. The van der Waals surface area contributed by atoms with Crippen LogP contribution in [-0.4, -0.2) is 25.3 Å². The number of anilines is 1. The van der Waals surface area contributed by atoms with Crippen LogP contribution in [0.25, 0.3) is 0 Å². The van der Waals surface area contributed by atoms with Crippen LogP contribution in [-0.2, 0) is 4.74 Å². The highest BCUT2D eigenvalue weighted by Crippen LogP contribution is 2.13. The maximum atomic E-state index is 11.6. The molecule has 0 bridgehead atoms. The monoisotopic (exact) mass is 234 g/mol. The molecule has 4 nitrogen and oxygen atoms in total. The van der Waals surface area contributed by atoms with Gasteiger partial charge >= 0.3 is 6.03 Å². The Balaban J connectivity index is 1.79. The molecular weight excluding hydrogens is 216 g/mol. The van der Waals surface area contributed by atoms with Crippen molar-refractivity contribution in [3.05, 3.63) is 29.8 Å². The summed E-state index contributed by atoms with van der Waals surface area (Å²) < 4.78 is 5.43. The third-order valence-corrected chi connectivity index (χ3v) is 2.91. The van der Waals surface area contributed by atoms with E-state index in [4.69, 9.17) is 4.74 Å². The van der Waals surface area contributed by atoms with Crippen molar-refractivity contribution in [3.8, 4) is 0 Å². The Morgan fingerprint density at radius 1 is 1.47 bits per heavy atom. The first-order valence-electron chi connectivity index (χ1n) is 5.98. The minimum atomic E-state index is -0.171. The number of ether oxygens (including phenoxy) is 1. The van der Waals surface area contributed by atoms with Gasteiger partial charge in [0.25, 0.3) is 0 Å². The number of hydrogen-bond donors (Lipinski definition) is 2. The molecule has 2 amide bonds. The Morgan fingerprint density at radius 2 is 2.29 bits per heavy atom. The lowest BCUT2D eigenvalue weighted by Crippen LogP contribution is -2.35. The highest BCUT2D eigenvalue weighted by Gasteiger charge is 2.16. The fourth-order valence-corrected chi connectivity index (χ4v) is 1.89. The van der Waals surface area contributed by atoms with E-state index in [2.05, 4.69) is 10.6 Å². The van der Waals surface area contributed by atoms with Gasteiger partial charge in [-0.1, -0.05) is 18.2 Å². The van der Waals surface area contributed by atoms with E-state index in [0.717, 1.165) is 30.7 Å². The van der Waals surface area contributed by atoms with Crippen LogP contribution in [0.5, 0.6) is 0 Å². The van der Waals surface area contributed by atoms with Crippen LogP contribution in [0, 0.1) is 6.92 Å². The lowest BCUT2D eigenvalue weighted by atomic mass is 10.2. The molecule has 0 aliphatic carbocycles. The Hall–Kier alpha value is -1.55. The Bertz CT molecular complexity index is 387. The van der Waals surface area contributed by atoms with Gasteiger partial charge in [0.2, 0.25) is 0 Å². The van der Waals surface area contributed by atoms with E-state index in [1.165, 1.54) is 0 Å². The summed E-state index contributed by atoms with van der Waals surface area (Å²) in [5, 5.41) is 5.65. The van der Waals surface area contributed by atoms with Gasteiger partial charge in [0.15, 0.2) is 0 Å². The molecule has 1 saturated heterocycles. The van der Waals surface area contributed by atoms with E-state index in [9.17, 15) is 4.79 Å². The molecule has 1 aromatic carbocycles. The van der Waals surface area contributed by atoms with Gasteiger partial charge in [-0.25, -0.2) is 4.79 Å². The predicted molar refractivity (Wildman–Crippen MR) is 67.2 cm³/mol. The van der Waals surface area contributed by atoms with E-state index in [0.29, 0.717) is 6.54 Å². The predicted octanol–water partition coefficient (Wildman–Crippen LogP) is 2.30. The topological polar surface area (TPSA) is 50.4 Å². The van der Waals surface area contributed by atoms with Crippen molar-refractivity contribution < 1.29 is 9.53 Å². The Morgan fingerprint density at radius 3 is 3.00 bits per heavy atom. The standard InChI is InChI=1S/C13H18N2O2/c1-10-5-2-3-7-12(10)15-13(16)14-9-11-6-4-8-17-11/h2-3,5,7,11H,4,6,8-9H2,1H3,(H2,14,15,16)/t11-/m0/s1. The molecule has 0 spiro atoms. The third kappa shape index (κ3) is 3.46. The molecule has 2 rings (SSSR count). The Kier molecular flexibility index (Phi) is 3.98. The smallest absolute Gasteiger partial charge is 0.319 e. The van der Waals surface area contributed by atoms with Crippen molar-refractivity contribution in [2.24, 2.45) is 0 Å². The van der Waals surface area contributed by atoms with Crippen LogP contribution in [0.4, 0.5) is 10.5 Å². The lowest BCUT2D eigenvalue weighted by Gasteiger charge is -2.12. The average molecular weight is 234 g/mol. The number of amides is 2. The summed E-state index contributed by atoms with van der Waals surface area (Å²) in [7, 11) is 0. The molecule has 1 aliphatic rings. The van der Waals surface area contributed by atoms with Crippen molar-refractivity contribution in [2.75, 3.05) is 18.5 Å². The number of nitrogens with one attached hydrogen (secondary N) is 2. The molecule has 1 fully saturated rings. The summed E-state index contributed by atoms with van der Waals surface area (Å²) in [6, 6.07) is 7.54. The van der Waals surface area contributed by atoms with Crippen molar-refractivity contribution in [1.82, 2.24) is 5.32 Å². The second kappa shape index (κ2) is 5.68. The number of para-hydroxylation sites is 1. The van der Waals surface area contributed by atoms with Gasteiger partial charge in [-0.05, 0) is 31.4 Å². The normalized spacial score (nSPS) is 19.0. The summed E-state index contributed by atoms with van der Waals surface area (Å²) in [6.45, 7) is 3.36. The maximum absolute atomic E-state index is 11.6. The molecule has 2 N–H and O–H groups in total. The minimum Gasteiger partial charge on any atom is -0.376 e. The molecule has 1 aliphatic heterocycles.